The average molecular weight is 334 g/mol. The van der Waals surface area contributed by atoms with Gasteiger partial charge in [0.25, 0.3) is 0 Å². The maximum Gasteiger partial charge on any atom is 0.339 e. The highest BCUT2D eigenvalue weighted by Crippen LogP contribution is 2.21. The first-order valence-corrected chi connectivity index (χ1v) is 8.53. The molecule has 0 N–H and O–H groups in total. The summed E-state index contributed by atoms with van der Waals surface area (Å²) in [5.41, 5.74) is 2.21. The minimum absolute atomic E-state index is 0.0927. The zero-order valence-electron chi connectivity index (χ0n) is 13.2. The number of esters is 1. The fourth-order valence-corrected chi connectivity index (χ4v) is 2.92. The molecule has 0 bridgehead atoms. The number of benzene rings is 2. The maximum absolute atomic E-state index is 12.3. The molecule has 0 aliphatic rings. The molecule has 0 spiro atoms. The van der Waals surface area contributed by atoms with Crippen LogP contribution in [0.3, 0.4) is 0 Å². The molecule has 2 aromatic carbocycles. The summed E-state index contributed by atoms with van der Waals surface area (Å²) >= 11 is 0. The molecule has 0 aliphatic carbocycles. The van der Waals surface area contributed by atoms with Crippen LogP contribution in [0.2, 0.25) is 0 Å². The molecule has 0 heterocycles. The molecule has 0 saturated carbocycles. The van der Waals surface area contributed by atoms with Gasteiger partial charge in [-0.05, 0) is 68.3 Å². The van der Waals surface area contributed by atoms with Gasteiger partial charge >= 0.3 is 16.1 Å². The lowest BCUT2D eigenvalue weighted by Gasteiger charge is -2.09. The Labute approximate surface area is 136 Å². The molecular formula is C17H18O5S. The first-order valence-electron chi connectivity index (χ1n) is 7.12. The van der Waals surface area contributed by atoms with Crippen LogP contribution in [-0.4, -0.2) is 21.0 Å². The van der Waals surface area contributed by atoms with Crippen LogP contribution in [0.15, 0.2) is 47.4 Å². The summed E-state index contributed by atoms with van der Waals surface area (Å²) in [7, 11) is -3.91. The van der Waals surface area contributed by atoms with Crippen LogP contribution in [0.25, 0.3) is 0 Å². The fourth-order valence-electron chi connectivity index (χ4n) is 1.91. The molecule has 23 heavy (non-hydrogen) atoms. The SMILES string of the molecule is CCOC(=O)c1ccc(OS(=O)(=O)c2ccc(C)c(C)c2)cc1. The van der Waals surface area contributed by atoms with Crippen molar-refractivity contribution < 1.29 is 22.1 Å². The predicted molar refractivity (Wildman–Crippen MR) is 86.1 cm³/mol. The molecule has 0 aliphatic heterocycles. The van der Waals surface area contributed by atoms with Crippen molar-refractivity contribution in [3.63, 3.8) is 0 Å². The summed E-state index contributed by atoms with van der Waals surface area (Å²) in [6.45, 7) is 5.73. The Morgan fingerprint density at radius 1 is 1.00 bits per heavy atom. The molecule has 0 unspecified atom stereocenters. The predicted octanol–water partition coefficient (Wildman–Crippen LogP) is 3.25. The summed E-state index contributed by atoms with van der Waals surface area (Å²) in [4.78, 5) is 11.6. The molecule has 0 saturated heterocycles. The van der Waals surface area contributed by atoms with E-state index in [1.807, 2.05) is 13.8 Å². The monoisotopic (exact) mass is 334 g/mol. The molecule has 0 amide bonds. The Morgan fingerprint density at radius 2 is 1.65 bits per heavy atom. The van der Waals surface area contributed by atoms with Gasteiger partial charge < -0.3 is 8.92 Å². The van der Waals surface area contributed by atoms with Crippen LogP contribution in [0, 0.1) is 13.8 Å². The van der Waals surface area contributed by atoms with Gasteiger partial charge in [0.2, 0.25) is 0 Å². The number of carbonyl (C=O) groups is 1. The van der Waals surface area contributed by atoms with Gasteiger partial charge in [0.15, 0.2) is 0 Å². The summed E-state index contributed by atoms with van der Waals surface area (Å²) in [6.07, 6.45) is 0. The Kier molecular flexibility index (Phi) is 5.05. The maximum atomic E-state index is 12.3. The zero-order chi connectivity index (χ0) is 17.0. The quantitative estimate of drug-likeness (QED) is 0.620. The Balaban J connectivity index is 2.20. The Bertz CT molecular complexity index is 807. The van der Waals surface area contributed by atoms with E-state index in [2.05, 4.69) is 0 Å². The second-order valence-corrected chi connectivity index (χ2v) is 6.57. The van der Waals surface area contributed by atoms with E-state index in [-0.39, 0.29) is 17.3 Å². The minimum Gasteiger partial charge on any atom is -0.462 e. The first kappa shape index (κ1) is 17.0. The average Bonchev–Trinajstić information content (AvgIpc) is 2.50. The van der Waals surface area contributed by atoms with Crippen LogP contribution in [0.1, 0.15) is 28.4 Å². The topological polar surface area (TPSA) is 69.7 Å². The highest BCUT2D eigenvalue weighted by Gasteiger charge is 2.17. The molecule has 0 aromatic heterocycles. The molecular weight excluding hydrogens is 316 g/mol. The molecule has 2 aromatic rings. The Hall–Kier alpha value is -2.34. The zero-order valence-corrected chi connectivity index (χ0v) is 14.0. The molecule has 0 fully saturated rings. The van der Waals surface area contributed by atoms with Crippen molar-refractivity contribution in [1.29, 1.82) is 0 Å². The standard InChI is InChI=1S/C17H18O5S/c1-4-21-17(18)14-6-8-15(9-7-14)22-23(19,20)16-10-5-12(2)13(3)11-16/h5-11H,4H2,1-3H3. The molecule has 122 valence electrons. The second kappa shape index (κ2) is 6.83. The third-order valence-electron chi connectivity index (χ3n) is 3.34. The van der Waals surface area contributed by atoms with Crippen molar-refractivity contribution in [2.24, 2.45) is 0 Å². The van der Waals surface area contributed by atoms with E-state index in [9.17, 15) is 13.2 Å². The normalized spacial score (nSPS) is 11.1. The number of hydrogen-bond donors (Lipinski definition) is 0. The lowest BCUT2D eigenvalue weighted by Crippen LogP contribution is -2.10. The van der Waals surface area contributed by atoms with Gasteiger partial charge in [0, 0.05) is 0 Å². The van der Waals surface area contributed by atoms with E-state index in [1.54, 1.807) is 19.1 Å². The summed E-state index contributed by atoms with van der Waals surface area (Å²) < 4.78 is 34.5. The molecule has 0 atom stereocenters. The Morgan fingerprint density at radius 3 is 2.22 bits per heavy atom. The molecule has 5 nitrogen and oxygen atoms in total. The van der Waals surface area contributed by atoms with Gasteiger partial charge in [-0.15, -0.1) is 0 Å². The van der Waals surface area contributed by atoms with E-state index in [4.69, 9.17) is 8.92 Å². The van der Waals surface area contributed by atoms with Crippen LogP contribution in [0.4, 0.5) is 0 Å². The highest BCUT2D eigenvalue weighted by atomic mass is 32.2. The second-order valence-electron chi connectivity index (χ2n) is 5.03. The van der Waals surface area contributed by atoms with Gasteiger partial charge in [-0.1, -0.05) is 6.07 Å². The van der Waals surface area contributed by atoms with Crippen molar-refractivity contribution in [2.75, 3.05) is 6.61 Å². The number of rotatable bonds is 5. The third-order valence-corrected chi connectivity index (χ3v) is 4.58. The largest absolute Gasteiger partial charge is 0.462 e. The smallest absolute Gasteiger partial charge is 0.339 e. The summed E-state index contributed by atoms with van der Waals surface area (Å²) in [6, 6.07) is 10.6. The first-order chi connectivity index (χ1) is 10.8. The molecule has 2 rings (SSSR count). The molecule has 6 heteroatoms. The van der Waals surface area contributed by atoms with E-state index < -0.39 is 16.1 Å². The number of aryl methyl sites for hydroxylation is 2. The number of ether oxygens (including phenoxy) is 1. The van der Waals surface area contributed by atoms with Crippen molar-refractivity contribution in [3.8, 4) is 5.75 Å². The van der Waals surface area contributed by atoms with Crippen LogP contribution < -0.4 is 4.18 Å². The molecule has 0 radical (unpaired) electrons. The number of carbonyl (C=O) groups excluding carboxylic acids is 1. The third kappa shape index (κ3) is 4.10. The van der Waals surface area contributed by atoms with E-state index in [0.29, 0.717) is 5.56 Å². The summed E-state index contributed by atoms with van der Waals surface area (Å²) in [5.74, 6) is -0.327. The van der Waals surface area contributed by atoms with Gasteiger partial charge in [0.1, 0.15) is 10.6 Å². The van der Waals surface area contributed by atoms with E-state index >= 15 is 0 Å². The van der Waals surface area contributed by atoms with E-state index in [0.717, 1.165) is 11.1 Å². The van der Waals surface area contributed by atoms with Crippen LogP contribution in [-0.2, 0) is 14.9 Å². The lowest BCUT2D eigenvalue weighted by atomic mass is 10.1. The van der Waals surface area contributed by atoms with Crippen molar-refractivity contribution >= 4 is 16.1 Å². The van der Waals surface area contributed by atoms with Gasteiger partial charge in [-0.25, -0.2) is 4.79 Å². The van der Waals surface area contributed by atoms with Gasteiger partial charge in [-0.2, -0.15) is 8.42 Å². The summed E-state index contributed by atoms with van der Waals surface area (Å²) in [5, 5.41) is 0. The lowest BCUT2D eigenvalue weighted by molar-refractivity contribution is 0.0526. The van der Waals surface area contributed by atoms with Crippen LogP contribution >= 0.6 is 0 Å². The van der Waals surface area contributed by atoms with E-state index in [1.165, 1.54) is 30.3 Å². The van der Waals surface area contributed by atoms with Gasteiger partial charge in [-0.3, -0.25) is 0 Å². The van der Waals surface area contributed by atoms with Crippen LogP contribution in [0.5, 0.6) is 5.75 Å². The number of hydrogen-bond acceptors (Lipinski definition) is 5. The van der Waals surface area contributed by atoms with Crippen molar-refractivity contribution in [2.45, 2.75) is 25.7 Å². The van der Waals surface area contributed by atoms with Crippen molar-refractivity contribution in [3.05, 3.63) is 59.2 Å². The highest BCUT2D eigenvalue weighted by molar-refractivity contribution is 7.87. The van der Waals surface area contributed by atoms with Gasteiger partial charge in [0.05, 0.1) is 12.2 Å². The fraction of sp³-hybridized carbons (Fsp3) is 0.235. The van der Waals surface area contributed by atoms with Crippen molar-refractivity contribution in [1.82, 2.24) is 0 Å². The minimum atomic E-state index is -3.91.